The summed E-state index contributed by atoms with van der Waals surface area (Å²) in [6, 6.07) is 8.35. The summed E-state index contributed by atoms with van der Waals surface area (Å²) in [5.74, 6) is -0.0109. The lowest BCUT2D eigenvalue weighted by molar-refractivity contribution is -0.135. The number of ether oxygens (including phenoxy) is 1. The molecule has 0 aliphatic carbocycles. The molecule has 1 aliphatic rings. The van der Waals surface area contributed by atoms with Crippen molar-refractivity contribution in [2.75, 3.05) is 39.9 Å². The first-order valence-corrected chi connectivity index (χ1v) is 8.89. The van der Waals surface area contributed by atoms with Crippen LogP contribution in [-0.4, -0.2) is 61.6 Å². The van der Waals surface area contributed by atoms with Crippen LogP contribution in [0.2, 0.25) is 0 Å². The number of hydrogen-bond acceptors (Lipinski definition) is 4. The summed E-state index contributed by atoms with van der Waals surface area (Å²) >= 11 is 3.48. The van der Waals surface area contributed by atoms with Crippen LogP contribution in [0.3, 0.4) is 0 Å². The lowest BCUT2D eigenvalue weighted by atomic mass is 10.0. The zero-order chi connectivity index (χ0) is 16.8. The van der Waals surface area contributed by atoms with Gasteiger partial charge in [-0.2, -0.15) is 0 Å². The average Bonchev–Trinajstić information content (AvgIpc) is 2.57. The molecule has 0 radical (unpaired) electrons. The molecule has 0 bridgehead atoms. The maximum atomic E-state index is 12.2. The number of halogens is 1. The van der Waals surface area contributed by atoms with E-state index in [0.29, 0.717) is 6.04 Å². The van der Waals surface area contributed by atoms with E-state index in [0.717, 1.165) is 37.1 Å². The lowest BCUT2D eigenvalue weighted by Gasteiger charge is -2.40. The molecule has 2 N–H and O–H groups in total. The highest BCUT2D eigenvalue weighted by atomic mass is 79.9. The van der Waals surface area contributed by atoms with E-state index in [1.165, 1.54) is 5.56 Å². The van der Waals surface area contributed by atoms with Crippen molar-refractivity contribution in [3.05, 3.63) is 34.3 Å². The second kappa shape index (κ2) is 8.78. The molecule has 23 heavy (non-hydrogen) atoms. The molecule has 1 aromatic carbocycles. The van der Waals surface area contributed by atoms with Crippen molar-refractivity contribution in [3.63, 3.8) is 0 Å². The fraction of sp³-hybridized carbons (Fsp3) is 0.588. The van der Waals surface area contributed by atoms with E-state index in [4.69, 9.17) is 10.5 Å². The van der Waals surface area contributed by atoms with Gasteiger partial charge < -0.3 is 15.4 Å². The Labute approximate surface area is 146 Å². The van der Waals surface area contributed by atoms with E-state index >= 15 is 0 Å². The van der Waals surface area contributed by atoms with Crippen LogP contribution in [0, 0.1) is 0 Å². The van der Waals surface area contributed by atoms with E-state index in [1.807, 2.05) is 4.90 Å². The summed E-state index contributed by atoms with van der Waals surface area (Å²) in [5, 5.41) is 0. The molecule has 2 unspecified atom stereocenters. The van der Waals surface area contributed by atoms with Crippen molar-refractivity contribution in [2.45, 2.75) is 25.4 Å². The number of benzene rings is 1. The molecule has 6 heteroatoms. The minimum atomic E-state index is -0.556. The smallest absolute Gasteiger partial charge is 0.241 e. The number of hydrogen-bond donors (Lipinski definition) is 1. The van der Waals surface area contributed by atoms with Crippen molar-refractivity contribution >= 4 is 21.8 Å². The molecule has 1 aromatic rings. The number of nitrogens with two attached hydrogens (primary N) is 1. The van der Waals surface area contributed by atoms with Gasteiger partial charge in [-0.1, -0.05) is 35.0 Å². The Morgan fingerprint density at radius 3 is 2.39 bits per heavy atom. The summed E-state index contributed by atoms with van der Waals surface area (Å²) in [4.78, 5) is 16.5. The van der Waals surface area contributed by atoms with Crippen LogP contribution in [0.15, 0.2) is 28.7 Å². The molecule has 1 amide bonds. The predicted molar refractivity (Wildman–Crippen MR) is 95.2 cm³/mol. The largest absolute Gasteiger partial charge is 0.383 e. The number of piperazine rings is 1. The summed E-state index contributed by atoms with van der Waals surface area (Å²) in [6.07, 6.45) is 1.05. The van der Waals surface area contributed by atoms with Gasteiger partial charge in [0, 0.05) is 43.8 Å². The first-order valence-electron chi connectivity index (χ1n) is 8.09. The van der Waals surface area contributed by atoms with Gasteiger partial charge in [0.15, 0.2) is 0 Å². The minimum Gasteiger partial charge on any atom is -0.383 e. The van der Waals surface area contributed by atoms with Crippen LogP contribution in [0.5, 0.6) is 0 Å². The molecule has 1 fully saturated rings. The number of rotatable bonds is 6. The molecule has 0 spiro atoms. The van der Waals surface area contributed by atoms with Gasteiger partial charge in [-0.05, 0) is 24.1 Å². The topological polar surface area (TPSA) is 58.8 Å². The number of carbonyl (C=O) groups excluding carboxylic acids is 1. The maximum Gasteiger partial charge on any atom is 0.241 e. The molecule has 2 rings (SSSR count). The standard InChI is InChI=1S/C17H26BrN3O2/c1-3-16(13-4-6-14(18)7-5-13)20-8-10-21(11-9-20)17(22)15(19)12-23-2/h4-7,15-16H,3,8-12,19H2,1-2H3. The number of nitrogens with zero attached hydrogens (tertiary/aromatic N) is 2. The van der Waals surface area contributed by atoms with Crippen LogP contribution in [0.25, 0.3) is 0 Å². The molecule has 1 aliphatic heterocycles. The molecular weight excluding hydrogens is 358 g/mol. The Kier molecular flexibility index (Phi) is 7.02. The number of amides is 1. The predicted octanol–water partition coefficient (Wildman–Crippen LogP) is 2.02. The summed E-state index contributed by atoms with van der Waals surface area (Å²) < 4.78 is 6.07. The fourth-order valence-electron chi connectivity index (χ4n) is 3.13. The zero-order valence-corrected chi connectivity index (χ0v) is 15.5. The molecular formula is C17H26BrN3O2. The van der Waals surface area contributed by atoms with Crippen LogP contribution in [-0.2, 0) is 9.53 Å². The Balaban J connectivity index is 1.94. The van der Waals surface area contributed by atoms with Gasteiger partial charge in [0.1, 0.15) is 6.04 Å². The van der Waals surface area contributed by atoms with Crippen LogP contribution in [0.1, 0.15) is 24.9 Å². The van der Waals surface area contributed by atoms with Crippen molar-refractivity contribution in [3.8, 4) is 0 Å². The maximum absolute atomic E-state index is 12.2. The zero-order valence-electron chi connectivity index (χ0n) is 13.9. The fourth-order valence-corrected chi connectivity index (χ4v) is 3.39. The van der Waals surface area contributed by atoms with Gasteiger partial charge in [0.2, 0.25) is 5.91 Å². The van der Waals surface area contributed by atoms with Gasteiger partial charge in [-0.3, -0.25) is 9.69 Å². The van der Waals surface area contributed by atoms with Crippen LogP contribution < -0.4 is 5.73 Å². The molecule has 0 saturated carbocycles. The Hall–Kier alpha value is -0.950. The van der Waals surface area contributed by atoms with Crippen LogP contribution in [0.4, 0.5) is 0 Å². The van der Waals surface area contributed by atoms with E-state index in [-0.39, 0.29) is 12.5 Å². The SMILES string of the molecule is CCC(c1ccc(Br)cc1)N1CCN(C(=O)C(N)COC)CC1. The number of carbonyl (C=O) groups is 1. The third kappa shape index (κ3) is 4.76. The summed E-state index contributed by atoms with van der Waals surface area (Å²) in [7, 11) is 1.56. The first kappa shape index (κ1) is 18.4. The van der Waals surface area contributed by atoms with Crippen molar-refractivity contribution < 1.29 is 9.53 Å². The van der Waals surface area contributed by atoms with E-state index in [1.54, 1.807) is 7.11 Å². The minimum absolute atomic E-state index is 0.0109. The van der Waals surface area contributed by atoms with E-state index < -0.39 is 6.04 Å². The average molecular weight is 384 g/mol. The highest BCUT2D eigenvalue weighted by Gasteiger charge is 2.28. The Morgan fingerprint density at radius 2 is 1.87 bits per heavy atom. The molecule has 1 heterocycles. The second-order valence-corrected chi connectivity index (χ2v) is 6.81. The van der Waals surface area contributed by atoms with Gasteiger partial charge in [0.25, 0.3) is 0 Å². The molecule has 0 aromatic heterocycles. The highest BCUT2D eigenvalue weighted by molar-refractivity contribution is 9.10. The highest BCUT2D eigenvalue weighted by Crippen LogP contribution is 2.26. The third-order valence-corrected chi connectivity index (χ3v) is 4.90. The van der Waals surface area contributed by atoms with E-state index in [9.17, 15) is 4.79 Å². The summed E-state index contributed by atoms with van der Waals surface area (Å²) in [6.45, 7) is 5.68. The normalized spacial score (nSPS) is 18.7. The molecule has 128 valence electrons. The van der Waals surface area contributed by atoms with Gasteiger partial charge in [-0.25, -0.2) is 0 Å². The van der Waals surface area contributed by atoms with Crippen molar-refractivity contribution in [2.24, 2.45) is 5.73 Å². The lowest BCUT2D eigenvalue weighted by Crippen LogP contribution is -2.54. The number of methoxy groups -OCH3 is 1. The Morgan fingerprint density at radius 1 is 1.26 bits per heavy atom. The van der Waals surface area contributed by atoms with Gasteiger partial charge in [0.05, 0.1) is 6.61 Å². The monoisotopic (exact) mass is 383 g/mol. The molecule has 1 saturated heterocycles. The van der Waals surface area contributed by atoms with Gasteiger partial charge >= 0.3 is 0 Å². The van der Waals surface area contributed by atoms with Crippen molar-refractivity contribution in [1.82, 2.24) is 9.80 Å². The quantitative estimate of drug-likeness (QED) is 0.816. The van der Waals surface area contributed by atoms with Crippen LogP contribution >= 0.6 is 15.9 Å². The molecule has 5 nitrogen and oxygen atoms in total. The third-order valence-electron chi connectivity index (χ3n) is 4.37. The van der Waals surface area contributed by atoms with Gasteiger partial charge in [-0.15, -0.1) is 0 Å². The second-order valence-electron chi connectivity index (χ2n) is 5.90. The van der Waals surface area contributed by atoms with Crippen molar-refractivity contribution in [1.29, 1.82) is 0 Å². The van der Waals surface area contributed by atoms with E-state index in [2.05, 4.69) is 52.0 Å². The molecule has 2 atom stereocenters. The summed E-state index contributed by atoms with van der Waals surface area (Å²) in [5.41, 5.74) is 7.18. The Bertz CT molecular complexity index is 501. The first-order chi connectivity index (χ1) is 11.1.